The van der Waals surface area contributed by atoms with Crippen molar-refractivity contribution in [3.63, 3.8) is 0 Å². The molecule has 2 rings (SSSR count). The number of hydrogen-bond acceptors (Lipinski definition) is 3. The van der Waals surface area contributed by atoms with E-state index in [4.69, 9.17) is 5.73 Å². The average Bonchev–Trinajstić information content (AvgIpc) is 2.76. The van der Waals surface area contributed by atoms with Crippen LogP contribution in [0.1, 0.15) is 37.0 Å². The molecule has 0 aromatic carbocycles. The molecule has 1 aromatic rings. The molecule has 100 valence electrons. The molecule has 1 fully saturated rings. The van der Waals surface area contributed by atoms with Crippen molar-refractivity contribution in [1.29, 1.82) is 0 Å². The van der Waals surface area contributed by atoms with Gasteiger partial charge in [0, 0.05) is 11.4 Å². The Balaban J connectivity index is 1.77. The van der Waals surface area contributed by atoms with E-state index in [0.717, 1.165) is 35.9 Å². The average molecular weight is 331 g/mol. The van der Waals surface area contributed by atoms with Crippen molar-refractivity contribution in [1.82, 2.24) is 5.32 Å². The second-order valence-electron chi connectivity index (χ2n) is 4.93. The molecule has 0 atom stereocenters. The zero-order valence-corrected chi connectivity index (χ0v) is 12.8. The highest BCUT2D eigenvalue weighted by Gasteiger charge is 2.34. The van der Waals surface area contributed by atoms with Crippen LogP contribution in [0.5, 0.6) is 0 Å². The molecule has 0 saturated heterocycles. The summed E-state index contributed by atoms with van der Waals surface area (Å²) in [6, 6.07) is 4.12. The summed E-state index contributed by atoms with van der Waals surface area (Å²) in [6.45, 7) is 0.671. The Morgan fingerprint density at radius 1 is 1.39 bits per heavy atom. The second kappa shape index (κ2) is 6.17. The summed E-state index contributed by atoms with van der Waals surface area (Å²) in [5.74, 6) is 0.0258. The summed E-state index contributed by atoms with van der Waals surface area (Å²) < 4.78 is 1.13. The van der Waals surface area contributed by atoms with Crippen LogP contribution in [0.4, 0.5) is 0 Å². The van der Waals surface area contributed by atoms with Crippen LogP contribution in [-0.4, -0.2) is 18.0 Å². The van der Waals surface area contributed by atoms with E-state index < -0.39 is 5.54 Å². The van der Waals surface area contributed by atoms with Gasteiger partial charge < -0.3 is 11.1 Å². The summed E-state index contributed by atoms with van der Waals surface area (Å²) in [7, 11) is 0. The molecule has 18 heavy (non-hydrogen) atoms. The Kier molecular flexibility index (Phi) is 4.81. The molecule has 1 aliphatic carbocycles. The van der Waals surface area contributed by atoms with Crippen molar-refractivity contribution in [2.75, 3.05) is 6.54 Å². The molecule has 5 heteroatoms. The van der Waals surface area contributed by atoms with Gasteiger partial charge in [0.2, 0.25) is 5.91 Å². The van der Waals surface area contributed by atoms with Gasteiger partial charge in [-0.15, -0.1) is 11.3 Å². The van der Waals surface area contributed by atoms with Gasteiger partial charge in [-0.2, -0.15) is 0 Å². The minimum Gasteiger partial charge on any atom is -0.354 e. The molecule has 0 bridgehead atoms. The molecular formula is C13H19BrN2OS. The van der Waals surface area contributed by atoms with Crippen LogP contribution in [0.15, 0.2) is 15.9 Å². The predicted molar refractivity (Wildman–Crippen MR) is 78.7 cm³/mol. The van der Waals surface area contributed by atoms with E-state index in [2.05, 4.69) is 27.3 Å². The van der Waals surface area contributed by atoms with Crippen molar-refractivity contribution < 1.29 is 4.79 Å². The maximum absolute atomic E-state index is 12.1. The number of carbonyl (C=O) groups excluding carboxylic acids is 1. The van der Waals surface area contributed by atoms with Crippen molar-refractivity contribution in [2.45, 2.75) is 44.1 Å². The molecule has 0 spiro atoms. The first-order valence-corrected chi connectivity index (χ1v) is 8.02. The SMILES string of the molecule is NC1(C(=O)NCCc2ccc(Br)s2)CCCCC1. The highest BCUT2D eigenvalue weighted by Crippen LogP contribution is 2.26. The molecule has 0 unspecified atom stereocenters. The standard InChI is InChI=1S/C13H19BrN2OS/c14-11-5-4-10(18-11)6-9-16-12(17)13(15)7-2-1-3-8-13/h4-5H,1-3,6-9,15H2,(H,16,17). The van der Waals surface area contributed by atoms with Gasteiger partial charge in [-0.05, 0) is 47.3 Å². The van der Waals surface area contributed by atoms with E-state index in [1.165, 1.54) is 11.3 Å². The van der Waals surface area contributed by atoms with Crippen LogP contribution in [0.2, 0.25) is 0 Å². The van der Waals surface area contributed by atoms with Gasteiger partial charge >= 0.3 is 0 Å². The van der Waals surface area contributed by atoms with Gasteiger partial charge in [0.1, 0.15) is 0 Å². The Bertz CT molecular complexity index is 413. The fraction of sp³-hybridized carbons (Fsp3) is 0.615. The van der Waals surface area contributed by atoms with Gasteiger partial charge in [0.05, 0.1) is 9.33 Å². The summed E-state index contributed by atoms with van der Waals surface area (Å²) in [5.41, 5.74) is 5.55. The van der Waals surface area contributed by atoms with E-state index >= 15 is 0 Å². The fourth-order valence-corrected chi connectivity index (χ4v) is 3.85. The van der Waals surface area contributed by atoms with E-state index in [0.29, 0.717) is 6.54 Å². The fourth-order valence-electron chi connectivity index (χ4n) is 2.37. The Labute approximate surface area is 120 Å². The lowest BCUT2D eigenvalue weighted by Gasteiger charge is -2.31. The third-order valence-electron chi connectivity index (χ3n) is 3.48. The summed E-state index contributed by atoms with van der Waals surface area (Å²) in [5, 5.41) is 2.98. The number of thiophene rings is 1. The van der Waals surface area contributed by atoms with Crippen LogP contribution < -0.4 is 11.1 Å². The maximum atomic E-state index is 12.1. The largest absolute Gasteiger partial charge is 0.354 e. The lowest BCUT2D eigenvalue weighted by Crippen LogP contribution is -2.55. The van der Waals surface area contributed by atoms with Crippen molar-refractivity contribution in [3.8, 4) is 0 Å². The molecule has 3 nitrogen and oxygen atoms in total. The predicted octanol–water partition coefficient (Wildman–Crippen LogP) is 2.83. The first-order valence-electron chi connectivity index (χ1n) is 6.41. The summed E-state index contributed by atoms with van der Waals surface area (Å²) >= 11 is 5.14. The van der Waals surface area contributed by atoms with Crippen molar-refractivity contribution in [3.05, 3.63) is 20.8 Å². The smallest absolute Gasteiger partial charge is 0.240 e. The van der Waals surface area contributed by atoms with Gasteiger partial charge in [0.25, 0.3) is 0 Å². The summed E-state index contributed by atoms with van der Waals surface area (Å²) in [6.07, 6.45) is 5.86. The van der Waals surface area contributed by atoms with E-state index in [-0.39, 0.29) is 5.91 Å². The first-order chi connectivity index (χ1) is 8.60. The normalized spacial score (nSPS) is 18.6. The minimum atomic E-state index is -0.617. The number of carbonyl (C=O) groups is 1. The molecule has 3 N–H and O–H groups in total. The van der Waals surface area contributed by atoms with E-state index in [9.17, 15) is 4.79 Å². The lowest BCUT2D eigenvalue weighted by atomic mass is 9.82. The Morgan fingerprint density at radius 2 is 2.11 bits per heavy atom. The quantitative estimate of drug-likeness (QED) is 0.891. The van der Waals surface area contributed by atoms with Gasteiger partial charge in [-0.1, -0.05) is 19.3 Å². The highest BCUT2D eigenvalue weighted by molar-refractivity contribution is 9.11. The second-order valence-corrected chi connectivity index (χ2v) is 7.48. The summed E-state index contributed by atoms with van der Waals surface area (Å²) in [4.78, 5) is 13.3. The molecule has 0 aliphatic heterocycles. The third kappa shape index (κ3) is 3.56. The zero-order valence-electron chi connectivity index (χ0n) is 10.4. The monoisotopic (exact) mass is 330 g/mol. The number of amides is 1. The molecule has 1 aromatic heterocycles. The molecular weight excluding hydrogens is 312 g/mol. The topological polar surface area (TPSA) is 55.1 Å². The molecule has 1 aliphatic rings. The number of hydrogen-bond donors (Lipinski definition) is 2. The van der Waals surface area contributed by atoms with Crippen LogP contribution in [0.3, 0.4) is 0 Å². The van der Waals surface area contributed by atoms with Crippen LogP contribution >= 0.6 is 27.3 Å². The molecule has 1 amide bonds. The van der Waals surface area contributed by atoms with Crippen LogP contribution in [0, 0.1) is 0 Å². The molecule has 1 saturated carbocycles. The Morgan fingerprint density at radius 3 is 2.72 bits per heavy atom. The minimum absolute atomic E-state index is 0.0258. The third-order valence-corrected chi connectivity index (χ3v) is 5.17. The van der Waals surface area contributed by atoms with Crippen LogP contribution in [-0.2, 0) is 11.2 Å². The number of halogens is 1. The van der Waals surface area contributed by atoms with E-state index in [1.807, 2.05) is 6.07 Å². The Hall–Kier alpha value is -0.390. The molecule has 1 heterocycles. The van der Waals surface area contributed by atoms with Crippen molar-refractivity contribution >= 4 is 33.2 Å². The molecule has 0 radical (unpaired) electrons. The van der Waals surface area contributed by atoms with E-state index in [1.54, 1.807) is 11.3 Å². The zero-order chi connectivity index (χ0) is 13.0. The van der Waals surface area contributed by atoms with Gasteiger partial charge in [-0.25, -0.2) is 0 Å². The number of nitrogens with two attached hydrogens (primary N) is 1. The lowest BCUT2D eigenvalue weighted by molar-refractivity contribution is -0.127. The highest BCUT2D eigenvalue weighted by atomic mass is 79.9. The van der Waals surface area contributed by atoms with Gasteiger partial charge in [0.15, 0.2) is 0 Å². The first kappa shape index (κ1) is 14.0. The number of nitrogens with one attached hydrogen (secondary N) is 1. The van der Waals surface area contributed by atoms with Crippen molar-refractivity contribution in [2.24, 2.45) is 5.73 Å². The van der Waals surface area contributed by atoms with Crippen LogP contribution in [0.25, 0.3) is 0 Å². The van der Waals surface area contributed by atoms with Gasteiger partial charge in [-0.3, -0.25) is 4.79 Å². The maximum Gasteiger partial charge on any atom is 0.240 e. The number of rotatable bonds is 4.